The van der Waals surface area contributed by atoms with Crippen molar-refractivity contribution in [2.45, 2.75) is 6.92 Å². The molecule has 18 heavy (non-hydrogen) atoms. The Morgan fingerprint density at radius 1 is 1.22 bits per heavy atom. The Balaban J connectivity index is 2.31. The van der Waals surface area contributed by atoms with Crippen LogP contribution in [0.4, 0.5) is 21.7 Å². The lowest BCUT2D eigenvalue weighted by molar-refractivity contribution is 0.622. The number of benzene rings is 1. The van der Waals surface area contributed by atoms with Crippen molar-refractivity contribution in [3.63, 3.8) is 0 Å². The molecule has 0 radical (unpaired) electrons. The van der Waals surface area contributed by atoms with Gasteiger partial charge in [0.05, 0.1) is 4.47 Å². The van der Waals surface area contributed by atoms with E-state index >= 15 is 0 Å². The van der Waals surface area contributed by atoms with Gasteiger partial charge in [-0.2, -0.15) is 0 Å². The van der Waals surface area contributed by atoms with Crippen molar-refractivity contribution in [2.75, 3.05) is 17.7 Å². The normalized spacial score (nSPS) is 10.2. The fraction of sp³-hybridized carbons (Fsp3) is 0.167. The topological polar surface area (TPSA) is 49.8 Å². The first-order valence-electron chi connectivity index (χ1n) is 5.33. The summed E-state index contributed by atoms with van der Waals surface area (Å²) in [6.07, 6.45) is 1.45. The smallest absolute Gasteiger partial charge is 0.139 e. The van der Waals surface area contributed by atoms with E-state index in [0.717, 1.165) is 11.4 Å². The van der Waals surface area contributed by atoms with Crippen LogP contribution in [0.25, 0.3) is 0 Å². The third-order valence-electron chi connectivity index (χ3n) is 2.50. The standard InChI is InChI=1S/C12H12BrFN4/c1-7-11(15-2)16-6-17-12(7)18-8-3-4-9(13)10(14)5-8/h3-6H,1-2H3,(H2,15,16,17,18). The van der Waals surface area contributed by atoms with Gasteiger partial charge >= 0.3 is 0 Å². The van der Waals surface area contributed by atoms with E-state index < -0.39 is 0 Å². The van der Waals surface area contributed by atoms with Crippen LogP contribution in [0.5, 0.6) is 0 Å². The van der Waals surface area contributed by atoms with Crippen molar-refractivity contribution in [3.05, 3.63) is 40.4 Å². The van der Waals surface area contributed by atoms with Crippen LogP contribution in [-0.4, -0.2) is 17.0 Å². The molecule has 1 heterocycles. The van der Waals surface area contributed by atoms with Gasteiger partial charge in [-0.15, -0.1) is 0 Å². The fourth-order valence-corrected chi connectivity index (χ4v) is 1.79. The lowest BCUT2D eigenvalue weighted by Crippen LogP contribution is -2.02. The highest BCUT2D eigenvalue weighted by Crippen LogP contribution is 2.24. The van der Waals surface area contributed by atoms with Gasteiger partial charge in [0.2, 0.25) is 0 Å². The number of nitrogens with one attached hydrogen (secondary N) is 2. The molecule has 0 amide bonds. The molecule has 1 aromatic heterocycles. The van der Waals surface area contributed by atoms with Crippen molar-refractivity contribution in [3.8, 4) is 0 Å². The second-order valence-electron chi connectivity index (χ2n) is 3.70. The first-order chi connectivity index (χ1) is 8.61. The van der Waals surface area contributed by atoms with Gasteiger partial charge < -0.3 is 10.6 Å². The first kappa shape index (κ1) is 12.8. The Hall–Kier alpha value is -1.69. The van der Waals surface area contributed by atoms with Gasteiger partial charge in [-0.25, -0.2) is 14.4 Å². The maximum absolute atomic E-state index is 13.4. The van der Waals surface area contributed by atoms with Crippen LogP contribution in [0, 0.1) is 12.7 Å². The van der Waals surface area contributed by atoms with Crippen LogP contribution in [0.3, 0.4) is 0 Å². The molecule has 94 valence electrons. The van der Waals surface area contributed by atoms with Gasteiger partial charge in [-0.1, -0.05) is 0 Å². The zero-order valence-corrected chi connectivity index (χ0v) is 11.5. The molecule has 0 saturated heterocycles. The van der Waals surface area contributed by atoms with Gasteiger partial charge in [-0.05, 0) is 41.1 Å². The molecular weight excluding hydrogens is 299 g/mol. The van der Waals surface area contributed by atoms with Crippen LogP contribution in [0.1, 0.15) is 5.56 Å². The lowest BCUT2D eigenvalue weighted by atomic mass is 10.2. The SMILES string of the molecule is CNc1ncnc(Nc2ccc(Br)c(F)c2)c1C. The van der Waals surface area contributed by atoms with Gasteiger partial charge in [0.15, 0.2) is 0 Å². The molecule has 0 aliphatic rings. The second-order valence-corrected chi connectivity index (χ2v) is 4.55. The number of nitrogens with zero attached hydrogens (tertiary/aromatic N) is 2. The molecular formula is C12H12BrFN4. The first-order valence-corrected chi connectivity index (χ1v) is 6.12. The Labute approximate surface area is 113 Å². The number of aromatic nitrogens is 2. The average molecular weight is 311 g/mol. The zero-order valence-electron chi connectivity index (χ0n) is 9.96. The summed E-state index contributed by atoms with van der Waals surface area (Å²) in [6.45, 7) is 1.89. The minimum atomic E-state index is -0.319. The highest BCUT2D eigenvalue weighted by Gasteiger charge is 2.07. The minimum absolute atomic E-state index is 0.319. The predicted octanol–water partition coefficient (Wildman–Crippen LogP) is 3.47. The highest BCUT2D eigenvalue weighted by molar-refractivity contribution is 9.10. The van der Waals surface area contributed by atoms with E-state index in [4.69, 9.17) is 0 Å². The zero-order chi connectivity index (χ0) is 13.1. The molecule has 0 fully saturated rings. The Kier molecular flexibility index (Phi) is 3.76. The van der Waals surface area contributed by atoms with Crippen molar-refractivity contribution in [1.82, 2.24) is 9.97 Å². The highest BCUT2D eigenvalue weighted by atomic mass is 79.9. The molecule has 0 spiro atoms. The summed E-state index contributed by atoms with van der Waals surface area (Å²) >= 11 is 3.11. The molecule has 0 unspecified atom stereocenters. The molecule has 2 rings (SSSR count). The molecule has 1 aromatic carbocycles. The van der Waals surface area contributed by atoms with Gasteiger partial charge in [0.25, 0.3) is 0 Å². The maximum Gasteiger partial charge on any atom is 0.139 e. The molecule has 2 N–H and O–H groups in total. The van der Waals surface area contributed by atoms with E-state index in [1.54, 1.807) is 19.2 Å². The Bertz CT molecular complexity index is 574. The van der Waals surface area contributed by atoms with Crippen LogP contribution in [-0.2, 0) is 0 Å². The summed E-state index contributed by atoms with van der Waals surface area (Å²) in [5.74, 6) is 1.07. The third kappa shape index (κ3) is 2.59. The third-order valence-corrected chi connectivity index (χ3v) is 3.15. The quantitative estimate of drug-likeness (QED) is 0.911. The van der Waals surface area contributed by atoms with Crippen LogP contribution in [0.15, 0.2) is 29.0 Å². The Morgan fingerprint density at radius 3 is 2.61 bits per heavy atom. The summed E-state index contributed by atoms with van der Waals surface area (Å²) in [5, 5.41) is 6.03. The number of rotatable bonds is 3. The van der Waals surface area contributed by atoms with Crippen molar-refractivity contribution >= 4 is 33.3 Å². The van der Waals surface area contributed by atoms with Gasteiger partial charge in [0, 0.05) is 18.3 Å². The van der Waals surface area contributed by atoms with E-state index in [0.29, 0.717) is 16.0 Å². The van der Waals surface area contributed by atoms with Gasteiger partial charge in [-0.3, -0.25) is 0 Å². The summed E-state index contributed by atoms with van der Waals surface area (Å²) in [4.78, 5) is 8.22. The van der Waals surface area contributed by atoms with E-state index in [9.17, 15) is 4.39 Å². The second kappa shape index (κ2) is 5.30. The summed E-state index contributed by atoms with van der Waals surface area (Å²) in [5.41, 5.74) is 1.52. The Morgan fingerprint density at radius 2 is 1.94 bits per heavy atom. The largest absolute Gasteiger partial charge is 0.373 e. The summed E-state index contributed by atoms with van der Waals surface area (Å²) in [6, 6.07) is 4.83. The molecule has 0 saturated carbocycles. The summed E-state index contributed by atoms with van der Waals surface area (Å²) in [7, 11) is 1.79. The van der Waals surface area contributed by atoms with Crippen molar-refractivity contribution in [2.24, 2.45) is 0 Å². The van der Waals surface area contributed by atoms with E-state index in [-0.39, 0.29) is 5.82 Å². The number of halogens is 2. The van der Waals surface area contributed by atoms with Crippen molar-refractivity contribution < 1.29 is 4.39 Å². The number of anilines is 3. The van der Waals surface area contributed by atoms with Crippen LogP contribution < -0.4 is 10.6 Å². The molecule has 0 bridgehead atoms. The van der Waals surface area contributed by atoms with Crippen LogP contribution >= 0.6 is 15.9 Å². The van der Waals surface area contributed by atoms with Crippen LogP contribution in [0.2, 0.25) is 0 Å². The van der Waals surface area contributed by atoms with E-state index in [1.165, 1.54) is 12.4 Å². The van der Waals surface area contributed by atoms with E-state index in [1.807, 2.05) is 6.92 Å². The maximum atomic E-state index is 13.4. The molecule has 2 aromatic rings. The van der Waals surface area contributed by atoms with E-state index in [2.05, 4.69) is 36.5 Å². The lowest BCUT2D eigenvalue weighted by Gasteiger charge is -2.11. The number of hydrogen-bond acceptors (Lipinski definition) is 4. The monoisotopic (exact) mass is 310 g/mol. The molecule has 0 aliphatic heterocycles. The molecule has 4 nitrogen and oxygen atoms in total. The fourth-order valence-electron chi connectivity index (χ4n) is 1.54. The molecule has 0 aliphatic carbocycles. The minimum Gasteiger partial charge on any atom is -0.373 e. The summed E-state index contributed by atoms with van der Waals surface area (Å²) < 4.78 is 13.8. The molecule has 0 atom stereocenters. The average Bonchev–Trinajstić information content (AvgIpc) is 2.36. The van der Waals surface area contributed by atoms with Crippen molar-refractivity contribution in [1.29, 1.82) is 0 Å². The van der Waals surface area contributed by atoms with Gasteiger partial charge in [0.1, 0.15) is 23.8 Å². The molecule has 6 heteroatoms. The predicted molar refractivity (Wildman–Crippen MR) is 73.7 cm³/mol. The number of hydrogen-bond donors (Lipinski definition) is 2.